The van der Waals surface area contributed by atoms with Gasteiger partial charge in [-0.15, -0.1) is 11.3 Å². The topological polar surface area (TPSA) is 18.5 Å². The van der Waals surface area contributed by atoms with Crippen LogP contribution in [-0.2, 0) is 0 Å². The molecule has 0 radical (unpaired) electrons. The fraction of sp³-hybridized carbons (Fsp3) is 0.111. The molecule has 2 aromatic carbocycles. The molecule has 22 heavy (non-hydrogen) atoms. The molecule has 1 aromatic heterocycles. The third kappa shape index (κ3) is 2.70. The summed E-state index contributed by atoms with van der Waals surface area (Å²) >= 11 is 1.53. The Bertz CT molecular complexity index is 782. The molecule has 4 heteroatoms. The van der Waals surface area contributed by atoms with E-state index in [1.54, 1.807) is 20.3 Å². The van der Waals surface area contributed by atoms with Crippen molar-refractivity contribution in [1.82, 2.24) is 0 Å². The van der Waals surface area contributed by atoms with Crippen molar-refractivity contribution in [2.45, 2.75) is 0 Å². The first-order valence-electron chi connectivity index (χ1n) is 6.78. The molecule has 0 atom stereocenters. The Balaban J connectivity index is 2.01. The van der Waals surface area contributed by atoms with Gasteiger partial charge in [0.05, 0.1) is 14.2 Å². The van der Waals surface area contributed by atoms with E-state index in [0.717, 1.165) is 16.0 Å². The molecule has 1 heterocycles. The average Bonchev–Trinajstić information content (AvgIpc) is 3.08. The van der Waals surface area contributed by atoms with E-state index in [4.69, 9.17) is 9.47 Å². The molecule has 0 aliphatic heterocycles. The summed E-state index contributed by atoms with van der Waals surface area (Å²) in [6.07, 6.45) is 0. The van der Waals surface area contributed by atoms with Gasteiger partial charge in [0.1, 0.15) is 5.82 Å². The van der Waals surface area contributed by atoms with Crippen LogP contribution in [0.3, 0.4) is 0 Å². The predicted molar refractivity (Wildman–Crippen MR) is 88.3 cm³/mol. The molecule has 0 bridgehead atoms. The minimum atomic E-state index is -0.227. The van der Waals surface area contributed by atoms with Crippen molar-refractivity contribution in [1.29, 1.82) is 0 Å². The Morgan fingerprint density at radius 1 is 0.864 bits per heavy atom. The van der Waals surface area contributed by atoms with E-state index in [1.165, 1.54) is 11.3 Å². The highest BCUT2D eigenvalue weighted by molar-refractivity contribution is 7.13. The van der Waals surface area contributed by atoms with Gasteiger partial charge in [-0.3, -0.25) is 0 Å². The first-order chi connectivity index (χ1) is 10.7. The van der Waals surface area contributed by atoms with Crippen molar-refractivity contribution in [2.75, 3.05) is 14.2 Å². The monoisotopic (exact) mass is 314 g/mol. The Hall–Kier alpha value is -2.33. The quantitative estimate of drug-likeness (QED) is 0.656. The highest BCUT2D eigenvalue weighted by atomic mass is 32.1. The zero-order valence-corrected chi connectivity index (χ0v) is 13.1. The van der Waals surface area contributed by atoms with Gasteiger partial charge in [0.2, 0.25) is 0 Å². The highest BCUT2D eigenvalue weighted by Gasteiger charge is 2.10. The first kappa shape index (κ1) is 14.6. The van der Waals surface area contributed by atoms with Crippen molar-refractivity contribution < 1.29 is 13.9 Å². The van der Waals surface area contributed by atoms with Crippen molar-refractivity contribution in [3.8, 4) is 33.1 Å². The van der Waals surface area contributed by atoms with Crippen LogP contribution in [0, 0.1) is 5.82 Å². The van der Waals surface area contributed by atoms with Crippen LogP contribution >= 0.6 is 11.3 Å². The molecule has 0 N–H and O–H groups in total. The van der Waals surface area contributed by atoms with Crippen LogP contribution in [0.15, 0.2) is 53.9 Å². The number of thiophene rings is 1. The van der Waals surface area contributed by atoms with Crippen molar-refractivity contribution >= 4 is 11.3 Å². The van der Waals surface area contributed by atoms with E-state index < -0.39 is 0 Å². The van der Waals surface area contributed by atoms with E-state index in [9.17, 15) is 4.39 Å². The molecule has 0 saturated carbocycles. The van der Waals surface area contributed by atoms with Gasteiger partial charge in [0.15, 0.2) is 11.5 Å². The minimum absolute atomic E-state index is 0.227. The van der Waals surface area contributed by atoms with Crippen LogP contribution < -0.4 is 9.47 Å². The second-order valence-electron chi connectivity index (χ2n) is 4.74. The lowest BCUT2D eigenvalue weighted by Crippen LogP contribution is -1.91. The lowest BCUT2D eigenvalue weighted by atomic mass is 10.0. The fourth-order valence-corrected chi connectivity index (χ4v) is 3.10. The molecule has 3 aromatic rings. The number of halogens is 1. The number of rotatable bonds is 4. The van der Waals surface area contributed by atoms with Crippen LogP contribution in [-0.4, -0.2) is 14.2 Å². The van der Waals surface area contributed by atoms with Crippen molar-refractivity contribution in [2.24, 2.45) is 0 Å². The lowest BCUT2D eigenvalue weighted by molar-refractivity contribution is 0.355. The second kappa shape index (κ2) is 6.20. The van der Waals surface area contributed by atoms with E-state index in [1.807, 2.05) is 47.8 Å². The zero-order valence-electron chi connectivity index (χ0n) is 12.3. The molecule has 0 aliphatic rings. The first-order valence-corrected chi connectivity index (χ1v) is 7.66. The maximum atomic E-state index is 14.4. The summed E-state index contributed by atoms with van der Waals surface area (Å²) in [4.78, 5) is 0.927. The summed E-state index contributed by atoms with van der Waals surface area (Å²) in [5.41, 5.74) is 2.31. The number of hydrogen-bond donors (Lipinski definition) is 0. The summed E-state index contributed by atoms with van der Waals surface area (Å²) in [5.74, 6) is 1.06. The van der Waals surface area contributed by atoms with E-state index in [0.29, 0.717) is 17.1 Å². The molecule has 0 aliphatic carbocycles. The van der Waals surface area contributed by atoms with Gasteiger partial charge < -0.3 is 9.47 Å². The van der Waals surface area contributed by atoms with Crippen LogP contribution in [0.5, 0.6) is 11.5 Å². The molecular weight excluding hydrogens is 299 g/mol. The molecule has 2 nitrogen and oxygen atoms in total. The predicted octanol–water partition coefficient (Wildman–Crippen LogP) is 5.24. The van der Waals surface area contributed by atoms with Crippen LogP contribution in [0.4, 0.5) is 4.39 Å². The van der Waals surface area contributed by atoms with Gasteiger partial charge in [-0.05, 0) is 46.8 Å². The van der Waals surface area contributed by atoms with Gasteiger partial charge in [0.25, 0.3) is 0 Å². The summed E-state index contributed by atoms with van der Waals surface area (Å²) in [7, 11) is 3.18. The standard InChI is InChI=1S/C18H15FO2S/c1-20-16-8-6-13(11-17(16)21-2)12-5-7-14(15(19)10-12)18-4-3-9-22-18/h3-11H,1-2H3. The highest BCUT2D eigenvalue weighted by Crippen LogP contribution is 2.34. The second-order valence-corrected chi connectivity index (χ2v) is 5.69. The number of ether oxygens (including phenoxy) is 2. The maximum absolute atomic E-state index is 14.4. The van der Waals surface area contributed by atoms with Gasteiger partial charge >= 0.3 is 0 Å². The summed E-state index contributed by atoms with van der Waals surface area (Å²) in [5, 5.41) is 1.94. The van der Waals surface area contributed by atoms with Crippen LogP contribution in [0.2, 0.25) is 0 Å². The van der Waals surface area contributed by atoms with Gasteiger partial charge in [-0.25, -0.2) is 4.39 Å². The zero-order chi connectivity index (χ0) is 15.5. The third-order valence-corrected chi connectivity index (χ3v) is 4.38. The van der Waals surface area contributed by atoms with Crippen molar-refractivity contribution in [3.05, 3.63) is 59.7 Å². The molecule has 0 saturated heterocycles. The minimum Gasteiger partial charge on any atom is -0.493 e. The van der Waals surface area contributed by atoms with Gasteiger partial charge in [-0.2, -0.15) is 0 Å². The van der Waals surface area contributed by atoms with Crippen molar-refractivity contribution in [3.63, 3.8) is 0 Å². The third-order valence-electron chi connectivity index (χ3n) is 3.47. The normalized spacial score (nSPS) is 10.5. The molecular formula is C18H15FO2S. The lowest BCUT2D eigenvalue weighted by Gasteiger charge is -2.10. The maximum Gasteiger partial charge on any atom is 0.161 e. The number of hydrogen-bond acceptors (Lipinski definition) is 3. The van der Waals surface area contributed by atoms with Crippen LogP contribution in [0.1, 0.15) is 0 Å². The average molecular weight is 314 g/mol. The Kier molecular flexibility index (Phi) is 4.11. The number of methoxy groups -OCH3 is 2. The van der Waals surface area contributed by atoms with Gasteiger partial charge in [-0.1, -0.05) is 18.2 Å². The molecule has 0 unspecified atom stereocenters. The summed E-state index contributed by atoms with van der Waals surface area (Å²) in [6, 6.07) is 14.7. The SMILES string of the molecule is COc1ccc(-c2ccc(-c3cccs3)c(F)c2)cc1OC. The summed E-state index contributed by atoms with van der Waals surface area (Å²) < 4.78 is 24.9. The number of benzene rings is 2. The van der Waals surface area contributed by atoms with E-state index in [2.05, 4.69) is 0 Å². The molecule has 0 fully saturated rings. The molecule has 0 spiro atoms. The van der Waals surface area contributed by atoms with Gasteiger partial charge in [0, 0.05) is 10.4 Å². The Labute approximate surface area is 132 Å². The van der Waals surface area contributed by atoms with E-state index in [-0.39, 0.29) is 5.82 Å². The largest absolute Gasteiger partial charge is 0.493 e. The molecule has 0 amide bonds. The smallest absolute Gasteiger partial charge is 0.161 e. The van der Waals surface area contributed by atoms with E-state index >= 15 is 0 Å². The fourth-order valence-electron chi connectivity index (χ4n) is 2.34. The molecule has 112 valence electrons. The van der Waals surface area contributed by atoms with Crippen LogP contribution in [0.25, 0.3) is 21.6 Å². The Morgan fingerprint density at radius 3 is 2.23 bits per heavy atom. The molecule has 3 rings (SSSR count). The Morgan fingerprint density at radius 2 is 1.59 bits per heavy atom. The summed E-state index contributed by atoms with van der Waals surface area (Å²) in [6.45, 7) is 0.